The molecule has 6 rings (SSSR count). The molecule has 0 spiro atoms. The molecule has 3 heterocycles. The van der Waals surface area contributed by atoms with Crippen molar-refractivity contribution < 1.29 is 28.5 Å². The first kappa shape index (κ1) is 22.8. The maximum atomic E-state index is 13.3. The summed E-state index contributed by atoms with van der Waals surface area (Å²) in [4.78, 5) is 26.4. The molecule has 2 amide bonds. The molecule has 1 atom stereocenters. The highest BCUT2D eigenvalue weighted by molar-refractivity contribution is 7.18. The van der Waals surface area contributed by atoms with Crippen LogP contribution in [-0.4, -0.2) is 41.6 Å². The van der Waals surface area contributed by atoms with Crippen LogP contribution in [0.1, 0.15) is 15.9 Å². The predicted octanol–water partition coefficient (Wildman–Crippen LogP) is 3.64. The molecule has 0 aliphatic carbocycles. The molecule has 0 radical (unpaired) electrons. The number of carbonyl (C=O) groups is 2. The molecule has 10 nitrogen and oxygen atoms in total. The summed E-state index contributed by atoms with van der Waals surface area (Å²) in [5, 5.41) is 14.9. The van der Waals surface area contributed by atoms with Crippen molar-refractivity contribution >= 4 is 28.3 Å². The third-order valence-electron chi connectivity index (χ3n) is 5.81. The number of nitrogens with one attached hydrogen (secondary N) is 2. The van der Waals surface area contributed by atoms with Gasteiger partial charge in [0.1, 0.15) is 11.0 Å². The fraction of sp³-hybridized carbons (Fsp3) is 0.154. The lowest BCUT2D eigenvalue weighted by molar-refractivity contribution is -0.118. The van der Waals surface area contributed by atoms with E-state index < -0.39 is 17.9 Å². The molecule has 4 aromatic rings. The Morgan fingerprint density at radius 3 is 2.32 bits per heavy atom. The second-order valence-electron chi connectivity index (χ2n) is 8.25. The van der Waals surface area contributed by atoms with Crippen LogP contribution >= 0.6 is 11.3 Å². The van der Waals surface area contributed by atoms with Gasteiger partial charge in [0.05, 0.1) is 0 Å². The van der Waals surface area contributed by atoms with E-state index in [1.165, 1.54) is 11.3 Å². The minimum atomic E-state index is -0.863. The number of nitrogens with zero attached hydrogens (tertiary/aromatic N) is 2. The molecule has 0 fully saturated rings. The van der Waals surface area contributed by atoms with Gasteiger partial charge in [-0.1, -0.05) is 41.7 Å². The van der Waals surface area contributed by atoms with Crippen molar-refractivity contribution in [3.05, 3.63) is 77.9 Å². The number of hydrogen-bond donors (Lipinski definition) is 2. The average molecular weight is 517 g/mol. The first-order chi connectivity index (χ1) is 18.1. The van der Waals surface area contributed by atoms with Crippen molar-refractivity contribution in [1.82, 2.24) is 15.5 Å². The summed E-state index contributed by atoms with van der Waals surface area (Å²) in [5.41, 5.74) is 2.04. The highest BCUT2D eigenvalue weighted by Crippen LogP contribution is 2.37. The Morgan fingerprint density at radius 1 is 0.838 bits per heavy atom. The Labute approximate surface area is 215 Å². The zero-order valence-corrected chi connectivity index (χ0v) is 20.1. The Bertz CT molecular complexity index is 1480. The molecule has 0 unspecified atom stereocenters. The first-order valence-corrected chi connectivity index (χ1v) is 12.2. The molecule has 3 aromatic carbocycles. The fourth-order valence-electron chi connectivity index (χ4n) is 3.95. The van der Waals surface area contributed by atoms with Gasteiger partial charge in [0, 0.05) is 17.5 Å². The predicted molar refractivity (Wildman–Crippen MR) is 134 cm³/mol. The monoisotopic (exact) mass is 516 g/mol. The smallest absolute Gasteiger partial charge is 0.252 e. The van der Waals surface area contributed by atoms with E-state index in [4.69, 9.17) is 18.9 Å². The van der Waals surface area contributed by atoms with Gasteiger partial charge in [-0.3, -0.25) is 14.9 Å². The van der Waals surface area contributed by atoms with E-state index in [1.807, 2.05) is 42.5 Å². The summed E-state index contributed by atoms with van der Waals surface area (Å²) in [6.45, 7) is 0.284. The molecule has 1 aromatic heterocycles. The highest BCUT2D eigenvalue weighted by atomic mass is 32.1. The number of ether oxygens (including phenoxy) is 4. The number of anilines is 1. The van der Waals surface area contributed by atoms with Crippen molar-refractivity contribution in [1.29, 1.82) is 0 Å². The van der Waals surface area contributed by atoms with Gasteiger partial charge >= 0.3 is 0 Å². The first-order valence-electron chi connectivity index (χ1n) is 11.4. The van der Waals surface area contributed by atoms with Gasteiger partial charge in [0.2, 0.25) is 24.6 Å². The normalized spacial score (nSPS) is 13.7. The molecule has 0 saturated carbocycles. The summed E-state index contributed by atoms with van der Waals surface area (Å²) in [6, 6.07) is 19.0. The SMILES string of the molecule is O=C(N[C@@H](Cc1ccccc1)C(=O)Nc1nnc(-c2ccc3c(c2)OCO3)s1)c1ccc2c(c1)OCO2. The maximum absolute atomic E-state index is 13.3. The highest BCUT2D eigenvalue weighted by Gasteiger charge is 2.25. The number of benzene rings is 3. The minimum absolute atomic E-state index is 0.107. The molecule has 0 bridgehead atoms. The van der Waals surface area contributed by atoms with E-state index in [1.54, 1.807) is 24.3 Å². The Hall–Kier alpha value is -4.64. The number of rotatable bonds is 7. The Kier molecular flexibility index (Phi) is 6.03. The van der Waals surface area contributed by atoms with E-state index in [0.717, 1.165) is 11.1 Å². The van der Waals surface area contributed by atoms with E-state index in [9.17, 15) is 9.59 Å². The number of carbonyl (C=O) groups excluding carboxylic acids is 2. The number of fused-ring (bicyclic) bond motifs is 2. The van der Waals surface area contributed by atoms with E-state index in [-0.39, 0.29) is 20.0 Å². The van der Waals surface area contributed by atoms with Crippen molar-refractivity contribution in [2.75, 3.05) is 18.9 Å². The lowest BCUT2D eigenvalue weighted by Crippen LogP contribution is -2.45. The van der Waals surface area contributed by atoms with Gasteiger partial charge < -0.3 is 24.3 Å². The molecule has 2 aliphatic rings. The summed E-state index contributed by atoms with van der Waals surface area (Å²) < 4.78 is 21.5. The number of amides is 2. The van der Waals surface area contributed by atoms with Crippen LogP contribution in [0.5, 0.6) is 23.0 Å². The van der Waals surface area contributed by atoms with Gasteiger partial charge in [-0.05, 0) is 42.0 Å². The number of aromatic nitrogens is 2. The van der Waals surface area contributed by atoms with Gasteiger partial charge in [0.25, 0.3) is 5.91 Å². The summed E-state index contributed by atoms with van der Waals surface area (Å²) >= 11 is 1.22. The van der Waals surface area contributed by atoms with Crippen LogP contribution in [0.15, 0.2) is 66.7 Å². The standard InChI is InChI=1S/C26H20N4O6S/c31-23(16-6-8-19-21(11-16)35-13-33-19)27-18(10-15-4-2-1-3-5-15)24(32)28-26-30-29-25(37-26)17-7-9-20-22(12-17)36-14-34-20/h1-9,11-12,18H,10,13-14H2,(H,27,31)(H,28,30,32)/t18-/m0/s1. The topological polar surface area (TPSA) is 121 Å². The van der Waals surface area contributed by atoms with Crippen LogP contribution in [0.3, 0.4) is 0 Å². The van der Waals surface area contributed by atoms with Crippen molar-refractivity contribution in [3.8, 4) is 33.6 Å². The van der Waals surface area contributed by atoms with Crippen LogP contribution < -0.4 is 29.6 Å². The third-order valence-corrected chi connectivity index (χ3v) is 6.70. The van der Waals surface area contributed by atoms with Crippen LogP contribution in [0, 0.1) is 0 Å². The second-order valence-corrected chi connectivity index (χ2v) is 9.23. The number of hydrogen-bond acceptors (Lipinski definition) is 9. The van der Waals surface area contributed by atoms with E-state index in [0.29, 0.717) is 38.7 Å². The summed E-state index contributed by atoms with van der Waals surface area (Å²) in [5.74, 6) is 1.54. The van der Waals surface area contributed by atoms with Crippen LogP contribution in [0.25, 0.3) is 10.6 Å². The molecular formula is C26H20N4O6S. The quantitative estimate of drug-likeness (QED) is 0.382. The minimum Gasteiger partial charge on any atom is -0.454 e. The van der Waals surface area contributed by atoms with Crippen molar-refractivity contribution in [2.45, 2.75) is 12.5 Å². The average Bonchev–Trinajstić information content (AvgIpc) is 3.68. The molecular weight excluding hydrogens is 496 g/mol. The van der Waals surface area contributed by atoms with Gasteiger partial charge in [0.15, 0.2) is 23.0 Å². The maximum Gasteiger partial charge on any atom is 0.252 e. The largest absolute Gasteiger partial charge is 0.454 e. The third kappa shape index (κ3) is 4.89. The van der Waals surface area contributed by atoms with Crippen molar-refractivity contribution in [2.24, 2.45) is 0 Å². The van der Waals surface area contributed by atoms with Crippen LogP contribution in [-0.2, 0) is 11.2 Å². The molecule has 2 N–H and O–H groups in total. The zero-order chi connectivity index (χ0) is 25.2. The van der Waals surface area contributed by atoms with Crippen LogP contribution in [0.4, 0.5) is 5.13 Å². The van der Waals surface area contributed by atoms with Crippen LogP contribution in [0.2, 0.25) is 0 Å². The van der Waals surface area contributed by atoms with Gasteiger partial charge in [-0.25, -0.2) is 0 Å². The van der Waals surface area contributed by atoms with Crippen molar-refractivity contribution in [3.63, 3.8) is 0 Å². The Balaban J connectivity index is 1.19. The summed E-state index contributed by atoms with van der Waals surface area (Å²) in [6.07, 6.45) is 0.288. The summed E-state index contributed by atoms with van der Waals surface area (Å²) in [7, 11) is 0. The molecule has 2 aliphatic heterocycles. The fourth-order valence-corrected chi connectivity index (χ4v) is 4.69. The Morgan fingerprint density at radius 2 is 1.54 bits per heavy atom. The lowest BCUT2D eigenvalue weighted by atomic mass is 10.0. The molecule has 0 saturated heterocycles. The second kappa shape index (κ2) is 9.78. The van der Waals surface area contributed by atoms with Gasteiger partial charge in [-0.15, -0.1) is 10.2 Å². The lowest BCUT2D eigenvalue weighted by Gasteiger charge is -2.18. The van der Waals surface area contributed by atoms with E-state index >= 15 is 0 Å². The van der Waals surface area contributed by atoms with E-state index in [2.05, 4.69) is 20.8 Å². The molecule has 37 heavy (non-hydrogen) atoms. The molecule has 186 valence electrons. The van der Waals surface area contributed by atoms with Gasteiger partial charge in [-0.2, -0.15) is 0 Å². The zero-order valence-electron chi connectivity index (χ0n) is 19.3. The molecule has 11 heteroatoms.